The van der Waals surface area contributed by atoms with Crippen molar-refractivity contribution < 1.29 is 19.4 Å². The SMILES string of the molecule is COCO[C@H]1CC[C@@]2(C)[C@@H](CO)C(=O)C=C[C@@]12C. The number of carbonyl (C=O) groups excluding carboxylic acids is 1. The molecule has 0 spiro atoms. The topological polar surface area (TPSA) is 55.8 Å². The summed E-state index contributed by atoms with van der Waals surface area (Å²) in [5.74, 6) is -0.284. The number of hydrogen-bond acceptors (Lipinski definition) is 4. The molecule has 0 aromatic heterocycles. The first-order valence-corrected chi connectivity index (χ1v) is 6.44. The van der Waals surface area contributed by atoms with Crippen molar-refractivity contribution in [3.8, 4) is 0 Å². The molecule has 1 N–H and O–H groups in total. The van der Waals surface area contributed by atoms with Crippen molar-refractivity contribution in [2.24, 2.45) is 16.7 Å². The summed E-state index contributed by atoms with van der Waals surface area (Å²) in [6.45, 7) is 4.38. The van der Waals surface area contributed by atoms with Gasteiger partial charge in [-0.2, -0.15) is 0 Å². The standard InChI is InChI=1S/C14H22O4/c1-13-7-5-12(18-9-17-3)14(13,2)6-4-11(16)10(13)8-15/h4,6,10,12,15H,5,7-9H2,1-3H3/t10-,12-,13-,14-/m0/s1. The molecule has 2 aliphatic rings. The molecule has 0 aromatic carbocycles. The first-order chi connectivity index (χ1) is 8.49. The molecule has 102 valence electrons. The van der Waals surface area contributed by atoms with Crippen LogP contribution in [0.25, 0.3) is 0 Å². The molecule has 18 heavy (non-hydrogen) atoms. The third kappa shape index (κ3) is 1.75. The Morgan fingerprint density at radius 1 is 1.50 bits per heavy atom. The fraction of sp³-hybridized carbons (Fsp3) is 0.786. The summed E-state index contributed by atoms with van der Waals surface area (Å²) < 4.78 is 10.7. The number of allylic oxidation sites excluding steroid dienone is 1. The van der Waals surface area contributed by atoms with Gasteiger partial charge in [-0.25, -0.2) is 0 Å². The lowest BCUT2D eigenvalue weighted by Crippen LogP contribution is -2.50. The Morgan fingerprint density at radius 2 is 2.22 bits per heavy atom. The lowest BCUT2D eigenvalue weighted by Gasteiger charge is -2.48. The maximum Gasteiger partial charge on any atom is 0.161 e. The summed E-state index contributed by atoms with van der Waals surface area (Å²) in [6.07, 6.45) is 5.40. The highest BCUT2D eigenvalue weighted by Gasteiger charge is 2.60. The van der Waals surface area contributed by atoms with Gasteiger partial charge in [0.2, 0.25) is 0 Å². The van der Waals surface area contributed by atoms with Gasteiger partial charge in [-0.3, -0.25) is 4.79 Å². The predicted octanol–water partition coefficient (Wildman–Crippen LogP) is 1.53. The van der Waals surface area contributed by atoms with Gasteiger partial charge in [-0.05, 0) is 24.3 Å². The number of fused-ring (bicyclic) bond motifs is 1. The van der Waals surface area contributed by atoms with Crippen LogP contribution in [0.4, 0.5) is 0 Å². The molecule has 0 aliphatic heterocycles. The van der Waals surface area contributed by atoms with Gasteiger partial charge in [0.25, 0.3) is 0 Å². The van der Waals surface area contributed by atoms with E-state index in [9.17, 15) is 9.90 Å². The number of aliphatic hydroxyl groups excluding tert-OH is 1. The summed E-state index contributed by atoms with van der Waals surface area (Å²) >= 11 is 0. The third-order valence-electron chi connectivity index (χ3n) is 5.10. The highest BCUT2D eigenvalue weighted by molar-refractivity contribution is 5.94. The highest BCUT2D eigenvalue weighted by atomic mass is 16.7. The van der Waals surface area contributed by atoms with Crippen LogP contribution in [0.1, 0.15) is 26.7 Å². The minimum atomic E-state index is -0.316. The smallest absolute Gasteiger partial charge is 0.161 e. The molecule has 1 fully saturated rings. The van der Waals surface area contributed by atoms with E-state index in [1.807, 2.05) is 6.08 Å². The van der Waals surface area contributed by atoms with Crippen LogP contribution in [0.2, 0.25) is 0 Å². The average Bonchev–Trinajstić information content (AvgIpc) is 2.60. The van der Waals surface area contributed by atoms with Gasteiger partial charge < -0.3 is 14.6 Å². The van der Waals surface area contributed by atoms with E-state index in [1.165, 1.54) is 0 Å². The Morgan fingerprint density at radius 3 is 2.83 bits per heavy atom. The highest BCUT2D eigenvalue weighted by Crippen LogP contribution is 2.60. The van der Waals surface area contributed by atoms with Gasteiger partial charge in [0.1, 0.15) is 6.79 Å². The van der Waals surface area contributed by atoms with Crippen LogP contribution in [0.3, 0.4) is 0 Å². The maximum atomic E-state index is 11.9. The van der Waals surface area contributed by atoms with E-state index in [2.05, 4.69) is 13.8 Å². The van der Waals surface area contributed by atoms with Crippen LogP contribution in [0.15, 0.2) is 12.2 Å². The monoisotopic (exact) mass is 254 g/mol. The van der Waals surface area contributed by atoms with Crippen LogP contribution < -0.4 is 0 Å². The molecule has 0 bridgehead atoms. The maximum absolute atomic E-state index is 11.9. The second-order valence-electron chi connectivity index (χ2n) is 5.77. The molecular formula is C14H22O4. The largest absolute Gasteiger partial charge is 0.396 e. The summed E-state index contributed by atoms with van der Waals surface area (Å²) in [5, 5.41) is 9.53. The van der Waals surface area contributed by atoms with Crippen LogP contribution in [-0.2, 0) is 14.3 Å². The average molecular weight is 254 g/mol. The molecule has 0 radical (unpaired) electrons. The van der Waals surface area contributed by atoms with Crippen molar-refractivity contribution in [2.45, 2.75) is 32.8 Å². The van der Waals surface area contributed by atoms with Crippen LogP contribution in [0, 0.1) is 16.7 Å². The second kappa shape index (κ2) is 4.76. The summed E-state index contributed by atoms with van der Waals surface area (Å²) in [7, 11) is 1.60. The molecule has 0 unspecified atom stereocenters. The Hall–Kier alpha value is -0.710. The van der Waals surface area contributed by atoms with Crippen molar-refractivity contribution >= 4 is 5.78 Å². The van der Waals surface area contributed by atoms with E-state index < -0.39 is 0 Å². The van der Waals surface area contributed by atoms with E-state index in [-0.39, 0.29) is 42.0 Å². The van der Waals surface area contributed by atoms with Crippen molar-refractivity contribution in [3.63, 3.8) is 0 Å². The zero-order chi connectivity index (χ0) is 13.4. The second-order valence-corrected chi connectivity index (χ2v) is 5.77. The summed E-state index contributed by atoms with van der Waals surface area (Å²) in [4.78, 5) is 11.9. The number of ketones is 1. The number of methoxy groups -OCH3 is 1. The van der Waals surface area contributed by atoms with Crippen molar-refractivity contribution in [1.82, 2.24) is 0 Å². The number of rotatable bonds is 4. The van der Waals surface area contributed by atoms with Gasteiger partial charge in [0.05, 0.1) is 18.6 Å². The summed E-state index contributed by atoms with van der Waals surface area (Å²) in [6, 6.07) is 0. The third-order valence-corrected chi connectivity index (χ3v) is 5.10. The first-order valence-electron chi connectivity index (χ1n) is 6.44. The summed E-state index contributed by atoms with van der Waals surface area (Å²) in [5.41, 5.74) is -0.446. The molecule has 4 heteroatoms. The molecule has 4 atom stereocenters. The van der Waals surface area contributed by atoms with Crippen molar-refractivity contribution in [2.75, 3.05) is 20.5 Å². The Bertz CT molecular complexity index is 365. The molecule has 0 saturated heterocycles. The molecule has 4 nitrogen and oxygen atoms in total. The normalized spacial score (nSPS) is 43.2. The zero-order valence-electron chi connectivity index (χ0n) is 11.3. The molecule has 0 amide bonds. The quantitative estimate of drug-likeness (QED) is 0.773. The van der Waals surface area contributed by atoms with E-state index in [4.69, 9.17) is 9.47 Å². The predicted molar refractivity (Wildman–Crippen MR) is 66.9 cm³/mol. The van der Waals surface area contributed by atoms with Crippen molar-refractivity contribution in [1.29, 1.82) is 0 Å². The molecule has 2 rings (SSSR count). The lowest BCUT2D eigenvalue weighted by atomic mass is 9.57. The van der Waals surface area contributed by atoms with Gasteiger partial charge in [0.15, 0.2) is 5.78 Å². The van der Waals surface area contributed by atoms with Gasteiger partial charge in [0, 0.05) is 12.5 Å². The van der Waals surface area contributed by atoms with Gasteiger partial charge >= 0.3 is 0 Å². The Balaban J connectivity index is 2.31. The fourth-order valence-electron chi connectivity index (χ4n) is 3.60. The van der Waals surface area contributed by atoms with Gasteiger partial charge in [-0.15, -0.1) is 0 Å². The van der Waals surface area contributed by atoms with E-state index >= 15 is 0 Å². The lowest BCUT2D eigenvalue weighted by molar-refractivity contribution is -0.138. The zero-order valence-corrected chi connectivity index (χ0v) is 11.3. The van der Waals surface area contributed by atoms with E-state index in [0.29, 0.717) is 0 Å². The van der Waals surface area contributed by atoms with E-state index in [1.54, 1.807) is 13.2 Å². The van der Waals surface area contributed by atoms with Gasteiger partial charge in [-0.1, -0.05) is 19.9 Å². The first kappa shape index (κ1) is 13.7. The fourth-order valence-corrected chi connectivity index (χ4v) is 3.60. The van der Waals surface area contributed by atoms with Crippen LogP contribution in [-0.4, -0.2) is 37.5 Å². The van der Waals surface area contributed by atoms with E-state index in [0.717, 1.165) is 12.8 Å². The van der Waals surface area contributed by atoms with Crippen LogP contribution >= 0.6 is 0 Å². The van der Waals surface area contributed by atoms with Crippen molar-refractivity contribution in [3.05, 3.63) is 12.2 Å². The minimum absolute atomic E-state index is 0.0323. The number of ether oxygens (including phenoxy) is 2. The Kier molecular flexibility index (Phi) is 3.63. The molecule has 1 saturated carbocycles. The molecule has 0 heterocycles. The van der Waals surface area contributed by atoms with Crippen LogP contribution in [0.5, 0.6) is 0 Å². The number of aliphatic hydroxyl groups is 1. The number of carbonyl (C=O) groups is 1. The Labute approximate surface area is 108 Å². The molecular weight excluding hydrogens is 232 g/mol. The molecule has 0 aromatic rings. The molecule has 2 aliphatic carbocycles. The number of hydrogen-bond donors (Lipinski definition) is 1. The minimum Gasteiger partial charge on any atom is -0.396 e.